The van der Waals surface area contributed by atoms with Crippen molar-refractivity contribution in [1.82, 2.24) is 9.47 Å². The number of fused-ring (bicyclic) bond motifs is 4. The van der Waals surface area contributed by atoms with E-state index < -0.39 is 6.10 Å². The molecule has 1 aliphatic carbocycles. The fourth-order valence-corrected chi connectivity index (χ4v) is 6.76. The Bertz CT molecular complexity index is 999. The Kier molecular flexibility index (Phi) is 10.2. The Hall–Kier alpha value is -2.21. The number of aliphatic hydroxyl groups is 1. The van der Waals surface area contributed by atoms with Crippen LogP contribution in [-0.4, -0.2) is 45.5 Å². The van der Waals surface area contributed by atoms with Gasteiger partial charge in [0.15, 0.2) is 0 Å². The molecule has 0 spiro atoms. The summed E-state index contributed by atoms with van der Waals surface area (Å²) in [6.45, 7) is 4.38. The van der Waals surface area contributed by atoms with E-state index in [4.69, 9.17) is 0 Å². The highest BCUT2D eigenvalue weighted by Gasteiger charge is 2.36. The molecule has 0 aromatic carbocycles. The molecular weight excluding hydrogens is 464 g/mol. The van der Waals surface area contributed by atoms with Crippen LogP contribution in [0.25, 0.3) is 0 Å². The molecule has 1 N–H and O–H groups in total. The third kappa shape index (κ3) is 7.43. The van der Waals surface area contributed by atoms with Gasteiger partial charge in [0.05, 0.1) is 6.10 Å². The van der Waals surface area contributed by atoms with Gasteiger partial charge in [-0.1, -0.05) is 63.7 Å². The molecule has 1 aromatic rings. The van der Waals surface area contributed by atoms with Crippen molar-refractivity contribution in [2.45, 2.75) is 109 Å². The van der Waals surface area contributed by atoms with Crippen molar-refractivity contribution in [1.29, 1.82) is 0 Å². The third-order valence-corrected chi connectivity index (χ3v) is 8.83. The van der Waals surface area contributed by atoms with Crippen molar-refractivity contribution in [3.05, 3.63) is 46.4 Å². The van der Waals surface area contributed by atoms with E-state index in [0.717, 1.165) is 96.0 Å². The molecule has 0 unspecified atom stereocenters. The second-order valence-electron chi connectivity index (χ2n) is 11.7. The first-order chi connectivity index (χ1) is 18.0. The van der Waals surface area contributed by atoms with Crippen LogP contribution in [0.3, 0.4) is 0 Å². The molecule has 6 heteroatoms. The number of nitrogens with zero attached hydrogens (tertiary/aromatic N) is 2. The lowest BCUT2D eigenvalue weighted by molar-refractivity contribution is -0.134. The summed E-state index contributed by atoms with van der Waals surface area (Å²) in [6, 6.07) is 5.51. The third-order valence-electron chi connectivity index (χ3n) is 8.83. The SMILES string of the molecule is CCCCC[C@H](O)/C=C/[C@H]1CCC(=O)[C@@H]1CCCCCCC(=O)N1C[C@H]2C[C@H](C1)c1cccc(=O)n1C2. The summed E-state index contributed by atoms with van der Waals surface area (Å²) in [5.74, 6) is 1.64. The van der Waals surface area contributed by atoms with Gasteiger partial charge in [-0.15, -0.1) is 0 Å². The summed E-state index contributed by atoms with van der Waals surface area (Å²) in [5.41, 5.74) is 1.16. The van der Waals surface area contributed by atoms with Gasteiger partial charge in [-0.2, -0.15) is 0 Å². The summed E-state index contributed by atoms with van der Waals surface area (Å²) < 4.78 is 1.91. The molecule has 6 nitrogen and oxygen atoms in total. The van der Waals surface area contributed by atoms with Crippen LogP contribution in [-0.2, 0) is 16.1 Å². The topological polar surface area (TPSA) is 79.6 Å². The molecular formula is C31H46N2O4. The first-order valence-electron chi connectivity index (χ1n) is 14.8. The van der Waals surface area contributed by atoms with Gasteiger partial charge in [0.1, 0.15) is 5.78 Å². The van der Waals surface area contributed by atoms with Gasteiger partial charge >= 0.3 is 0 Å². The molecule has 1 saturated carbocycles. The first kappa shape index (κ1) is 27.8. The molecule has 4 rings (SSSR count). The number of likely N-dealkylation sites (tertiary alicyclic amines) is 1. The molecule has 5 atom stereocenters. The predicted molar refractivity (Wildman–Crippen MR) is 146 cm³/mol. The smallest absolute Gasteiger partial charge is 0.250 e. The van der Waals surface area contributed by atoms with E-state index >= 15 is 0 Å². The van der Waals surface area contributed by atoms with E-state index in [1.165, 1.54) is 0 Å². The lowest BCUT2D eigenvalue weighted by atomic mass is 9.83. The quantitative estimate of drug-likeness (QED) is 0.291. The molecule has 0 radical (unpaired) electrons. The van der Waals surface area contributed by atoms with Crippen LogP contribution in [0.2, 0.25) is 0 Å². The second-order valence-corrected chi connectivity index (χ2v) is 11.7. The van der Waals surface area contributed by atoms with Crippen molar-refractivity contribution >= 4 is 11.7 Å². The van der Waals surface area contributed by atoms with Gasteiger partial charge in [-0.3, -0.25) is 14.4 Å². The number of piperidine rings is 1. The van der Waals surface area contributed by atoms with Gasteiger partial charge in [0.2, 0.25) is 5.91 Å². The van der Waals surface area contributed by atoms with Gasteiger partial charge in [-0.25, -0.2) is 0 Å². The Balaban J connectivity index is 1.14. The highest BCUT2D eigenvalue weighted by molar-refractivity contribution is 5.83. The molecule has 2 fully saturated rings. The number of carbonyl (C=O) groups is 2. The van der Waals surface area contributed by atoms with E-state index in [1.54, 1.807) is 6.07 Å². The molecule has 1 aromatic heterocycles. The maximum absolute atomic E-state index is 12.9. The Labute approximate surface area is 222 Å². The number of rotatable bonds is 13. The summed E-state index contributed by atoms with van der Waals surface area (Å²) >= 11 is 0. The molecule has 3 aliphatic rings. The van der Waals surface area contributed by atoms with Gasteiger partial charge in [0.25, 0.3) is 5.56 Å². The van der Waals surface area contributed by atoms with Gasteiger partial charge in [0, 0.05) is 56.1 Å². The van der Waals surface area contributed by atoms with E-state index in [2.05, 4.69) is 13.0 Å². The minimum absolute atomic E-state index is 0.0774. The van der Waals surface area contributed by atoms with Crippen LogP contribution >= 0.6 is 0 Å². The van der Waals surface area contributed by atoms with Crippen molar-refractivity contribution in [2.75, 3.05) is 13.1 Å². The number of aliphatic hydroxyl groups excluding tert-OH is 1. The Morgan fingerprint density at radius 3 is 2.76 bits per heavy atom. The number of ketones is 1. The number of Topliss-reactive ketones (excluding diaryl/α,β-unsaturated/α-hetero) is 1. The number of aromatic nitrogens is 1. The minimum Gasteiger partial charge on any atom is -0.389 e. The molecule has 2 aliphatic heterocycles. The molecule has 3 heterocycles. The number of unbranched alkanes of at least 4 members (excludes halogenated alkanes) is 5. The van der Waals surface area contributed by atoms with Crippen molar-refractivity contribution in [3.8, 4) is 0 Å². The fourth-order valence-electron chi connectivity index (χ4n) is 6.76. The van der Waals surface area contributed by atoms with Crippen molar-refractivity contribution in [2.24, 2.45) is 17.8 Å². The lowest BCUT2D eigenvalue weighted by Gasteiger charge is -2.42. The van der Waals surface area contributed by atoms with E-state index in [-0.39, 0.29) is 29.2 Å². The summed E-state index contributed by atoms with van der Waals surface area (Å²) in [4.78, 5) is 39.6. The molecule has 1 amide bonds. The van der Waals surface area contributed by atoms with Crippen molar-refractivity contribution < 1.29 is 14.7 Å². The number of hydrogen-bond acceptors (Lipinski definition) is 4. The number of amides is 1. The van der Waals surface area contributed by atoms with Gasteiger partial charge in [-0.05, 0) is 50.0 Å². The Morgan fingerprint density at radius 2 is 1.92 bits per heavy atom. The largest absolute Gasteiger partial charge is 0.389 e. The minimum atomic E-state index is -0.391. The molecule has 204 valence electrons. The fraction of sp³-hybridized carbons (Fsp3) is 0.710. The molecule has 37 heavy (non-hydrogen) atoms. The predicted octanol–water partition coefficient (Wildman–Crippen LogP) is 5.23. The lowest BCUT2D eigenvalue weighted by Crippen LogP contribution is -2.49. The highest BCUT2D eigenvalue weighted by atomic mass is 16.3. The van der Waals surface area contributed by atoms with Crippen LogP contribution in [0.1, 0.15) is 102 Å². The zero-order chi connectivity index (χ0) is 26.2. The van der Waals surface area contributed by atoms with Crippen molar-refractivity contribution in [3.63, 3.8) is 0 Å². The first-order valence-corrected chi connectivity index (χ1v) is 14.8. The average molecular weight is 511 g/mol. The van der Waals surface area contributed by atoms with E-state index in [0.29, 0.717) is 24.5 Å². The van der Waals surface area contributed by atoms with Gasteiger partial charge < -0.3 is 14.6 Å². The molecule has 1 saturated heterocycles. The Morgan fingerprint density at radius 1 is 1.08 bits per heavy atom. The maximum atomic E-state index is 12.9. The normalized spacial score (nSPS) is 26.0. The average Bonchev–Trinajstić information content (AvgIpc) is 3.24. The van der Waals surface area contributed by atoms with Crippen LogP contribution in [0.15, 0.2) is 35.1 Å². The zero-order valence-electron chi connectivity index (χ0n) is 22.7. The zero-order valence-corrected chi connectivity index (χ0v) is 22.7. The summed E-state index contributed by atoms with van der Waals surface area (Å²) in [6.07, 6.45) is 15.9. The summed E-state index contributed by atoms with van der Waals surface area (Å²) in [7, 11) is 0. The highest BCUT2D eigenvalue weighted by Crippen LogP contribution is 2.36. The summed E-state index contributed by atoms with van der Waals surface area (Å²) in [5, 5.41) is 10.2. The second kappa shape index (κ2) is 13.5. The number of pyridine rings is 1. The number of allylic oxidation sites excluding steroid dienone is 1. The maximum Gasteiger partial charge on any atom is 0.250 e. The van der Waals surface area contributed by atoms with Crippen LogP contribution in [0.5, 0.6) is 0 Å². The monoisotopic (exact) mass is 510 g/mol. The number of carbonyl (C=O) groups excluding carboxylic acids is 2. The van der Waals surface area contributed by atoms with E-state index in [1.807, 2.05) is 27.7 Å². The molecule has 2 bridgehead atoms. The van der Waals surface area contributed by atoms with Crippen LogP contribution in [0, 0.1) is 17.8 Å². The van der Waals surface area contributed by atoms with E-state index in [9.17, 15) is 19.5 Å². The van der Waals surface area contributed by atoms with Crippen LogP contribution in [0.4, 0.5) is 0 Å². The van der Waals surface area contributed by atoms with Crippen LogP contribution < -0.4 is 5.56 Å². The standard InChI is InChI=1S/C31H46N2O4/c1-2-3-6-10-26(34)17-15-24-16-18-29(35)27(24)11-7-4-5-8-13-30(36)32-20-23-19-25(22-32)28-12-9-14-31(37)33(28)21-23/h9,12,14-15,17,23-27,34H,2-8,10-11,13,16,18-22H2,1H3/b17-15+/t23-,24+,25-,26+,27-/m1/s1. The number of hydrogen-bond donors (Lipinski definition) is 1.